The van der Waals surface area contributed by atoms with E-state index in [1.165, 1.54) is 0 Å². The highest BCUT2D eigenvalue weighted by Crippen LogP contribution is 2.27. The number of carbonyl (C=O) groups excluding carboxylic acids is 1. The summed E-state index contributed by atoms with van der Waals surface area (Å²) in [4.78, 5) is 11.1. The van der Waals surface area contributed by atoms with Gasteiger partial charge in [0.1, 0.15) is 0 Å². The molecule has 0 spiro atoms. The lowest BCUT2D eigenvalue weighted by atomic mass is 10.1. The average molecular weight is 202 g/mol. The van der Waals surface area contributed by atoms with Crippen LogP contribution in [0.15, 0.2) is 12.1 Å². The summed E-state index contributed by atoms with van der Waals surface area (Å²) in [5.74, 6) is -0.0800. The summed E-state index contributed by atoms with van der Waals surface area (Å²) in [6.07, 6.45) is 0. The number of hydrogen-bond donors (Lipinski definition) is 1. The summed E-state index contributed by atoms with van der Waals surface area (Å²) in [6, 6.07) is 3.32. The molecular formula is C8H5Cl2NO. The highest BCUT2D eigenvalue weighted by atomic mass is 35.5. The van der Waals surface area contributed by atoms with Crippen molar-refractivity contribution in [3.8, 4) is 0 Å². The standard InChI is InChI=1S/C8H5Cl2NO/c9-6-1-4-3-11-8(12)5(4)2-7(6)10/h1-2H,3H2,(H,11,12). The first-order chi connectivity index (χ1) is 5.68. The van der Waals surface area contributed by atoms with Gasteiger partial charge in [-0.1, -0.05) is 23.2 Å². The van der Waals surface area contributed by atoms with E-state index in [-0.39, 0.29) is 5.91 Å². The van der Waals surface area contributed by atoms with E-state index in [0.717, 1.165) is 5.56 Å². The second-order valence-electron chi connectivity index (χ2n) is 2.61. The number of fused-ring (bicyclic) bond motifs is 1. The van der Waals surface area contributed by atoms with Gasteiger partial charge in [0.05, 0.1) is 10.0 Å². The van der Waals surface area contributed by atoms with Crippen molar-refractivity contribution in [2.45, 2.75) is 6.54 Å². The fourth-order valence-corrected chi connectivity index (χ4v) is 1.57. The van der Waals surface area contributed by atoms with E-state index >= 15 is 0 Å². The van der Waals surface area contributed by atoms with Gasteiger partial charge in [0.2, 0.25) is 0 Å². The lowest BCUT2D eigenvalue weighted by Crippen LogP contribution is -2.12. The minimum absolute atomic E-state index is 0.0800. The van der Waals surface area contributed by atoms with E-state index in [0.29, 0.717) is 22.2 Å². The zero-order valence-corrected chi connectivity index (χ0v) is 7.54. The number of rotatable bonds is 0. The van der Waals surface area contributed by atoms with Gasteiger partial charge in [0.15, 0.2) is 0 Å². The third-order valence-corrected chi connectivity index (χ3v) is 2.55. The van der Waals surface area contributed by atoms with Crippen molar-refractivity contribution >= 4 is 29.1 Å². The molecule has 62 valence electrons. The van der Waals surface area contributed by atoms with E-state index < -0.39 is 0 Å². The first-order valence-corrected chi connectivity index (χ1v) is 4.20. The van der Waals surface area contributed by atoms with Crippen molar-refractivity contribution in [1.29, 1.82) is 0 Å². The molecule has 0 unspecified atom stereocenters. The number of hydrogen-bond acceptors (Lipinski definition) is 1. The van der Waals surface area contributed by atoms with Crippen molar-refractivity contribution in [1.82, 2.24) is 5.32 Å². The fourth-order valence-electron chi connectivity index (χ4n) is 1.22. The molecule has 1 heterocycles. The van der Waals surface area contributed by atoms with Crippen LogP contribution in [0, 0.1) is 0 Å². The molecule has 2 rings (SSSR count). The molecule has 0 bridgehead atoms. The minimum atomic E-state index is -0.0800. The van der Waals surface area contributed by atoms with Crippen LogP contribution in [-0.4, -0.2) is 5.91 Å². The van der Waals surface area contributed by atoms with Crippen LogP contribution in [0.1, 0.15) is 15.9 Å². The average Bonchev–Trinajstić information content (AvgIpc) is 2.35. The third-order valence-electron chi connectivity index (χ3n) is 1.83. The zero-order valence-electron chi connectivity index (χ0n) is 6.03. The highest BCUT2D eigenvalue weighted by Gasteiger charge is 2.19. The summed E-state index contributed by atoms with van der Waals surface area (Å²) in [7, 11) is 0. The third kappa shape index (κ3) is 1.08. The van der Waals surface area contributed by atoms with Gasteiger partial charge in [-0.3, -0.25) is 4.79 Å². The summed E-state index contributed by atoms with van der Waals surface area (Å²) >= 11 is 11.5. The molecule has 1 N–H and O–H groups in total. The summed E-state index contributed by atoms with van der Waals surface area (Å²) in [5.41, 5.74) is 1.54. The van der Waals surface area contributed by atoms with Crippen molar-refractivity contribution in [3.63, 3.8) is 0 Å². The molecule has 1 aliphatic rings. The van der Waals surface area contributed by atoms with Gasteiger partial charge in [-0.25, -0.2) is 0 Å². The summed E-state index contributed by atoms with van der Waals surface area (Å²) in [6.45, 7) is 0.547. The quantitative estimate of drug-likeness (QED) is 0.686. The maximum atomic E-state index is 11.1. The molecule has 1 amide bonds. The number of halogens is 2. The monoisotopic (exact) mass is 201 g/mol. The Labute approximate surface area is 79.5 Å². The van der Waals surface area contributed by atoms with Crippen LogP contribution in [0.4, 0.5) is 0 Å². The molecule has 1 aromatic carbocycles. The number of carbonyl (C=O) groups is 1. The molecule has 0 atom stereocenters. The van der Waals surface area contributed by atoms with E-state index in [1.807, 2.05) is 0 Å². The Hall–Kier alpha value is -0.730. The molecule has 0 aliphatic carbocycles. The van der Waals surface area contributed by atoms with E-state index in [9.17, 15) is 4.79 Å². The lowest BCUT2D eigenvalue weighted by molar-refractivity contribution is 0.0966. The van der Waals surface area contributed by atoms with Crippen LogP contribution in [0.25, 0.3) is 0 Å². The SMILES string of the molecule is O=C1NCc2cc(Cl)c(Cl)cc21. The van der Waals surface area contributed by atoms with Crippen LogP contribution in [-0.2, 0) is 6.54 Å². The summed E-state index contributed by atoms with van der Waals surface area (Å²) < 4.78 is 0. The molecule has 0 fully saturated rings. The number of nitrogens with one attached hydrogen (secondary N) is 1. The molecule has 0 saturated carbocycles. The van der Waals surface area contributed by atoms with Gasteiger partial charge < -0.3 is 5.32 Å². The van der Waals surface area contributed by atoms with Gasteiger partial charge in [0, 0.05) is 12.1 Å². The van der Waals surface area contributed by atoms with Gasteiger partial charge in [-0.15, -0.1) is 0 Å². The van der Waals surface area contributed by atoms with E-state index in [1.54, 1.807) is 12.1 Å². The van der Waals surface area contributed by atoms with E-state index in [2.05, 4.69) is 5.32 Å². The Balaban J connectivity index is 2.63. The van der Waals surface area contributed by atoms with Gasteiger partial charge in [-0.2, -0.15) is 0 Å². The molecule has 1 aliphatic heterocycles. The van der Waals surface area contributed by atoms with E-state index in [4.69, 9.17) is 23.2 Å². The Bertz CT molecular complexity index is 362. The normalized spacial score (nSPS) is 14.3. The van der Waals surface area contributed by atoms with Crippen molar-refractivity contribution in [2.75, 3.05) is 0 Å². The summed E-state index contributed by atoms with van der Waals surface area (Å²) in [5, 5.41) is 3.60. The maximum absolute atomic E-state index is 11.1. The van der Waals surface area contributed by atoms with Crippen molar-refractivity contribution in [3.05, 3.63) is 33.3 Å². The maximum Gasteiger partial charge on any atom is 0.251 e. The Morgan fingerprint density at radius 1 is 1.25 bits per heavy atom. The molecule has 12 heavy (non-hydrogen) atoms. The predicted octanol–water partition coefficient (Wildman–Crippen LogP) is 2.24. The largest absolute Gasteiger partial charge is 0.348 e. The Morgan fingerprint density at radius 2 is 1.92 bits per heavy atom. The fraction of sp³-hybridized carbons (Fsp3) is 0.125. The van der Waals surface area contributed by atoms with Gasteiger partial charge in [-0.05, 0) is 17.7 Å². The molecule has 4 heteroatoms. The topological polar surface area (TPSA) is 29.1 Å². The van der Waals surface area contributed by atoms with Crippen LogP contribution in [0.5, 0.6) is 0 Å². The molecule has 0 radical (unpaired) electrons. The Morgan fingerprint density at radius 3 is 2.67 bits per heavy atom. The van der Waals surface area contributed by atoms with Gasteiger partial charge in [0.25, 0.3) is 5.91 Å². The highest BCUT2D eigenvalue weighted by molar-refractivity contribution is 6.42. The van der Waals surface area contributed by atoms with Crippen molar-refractivity contribution < 1.29 is 4.79 Å². The second kappa shape index (κ2) is 2.64. The second-order valence-corrected chi connectivity index (χ2v) is 3.42. The van der Waals surface area contributed by atoms with Crippen LogP contribution >= 0.6 is 23.2 Å². The van der Waals surface area contributed by atoms with Crippen LogP contribution in [0.2, 0.25) is 10.0 Å². The lowest BCUT2D eigenvalue weighted by Gasteiger charge is -1.98. The van der Waals surface area contributed by atoms with Crippen molar-refractivity contribution in [2.24, 2.45) is 0 Å². The van der Waals surface area contributed by atoms with Crippen LogP contribution < -0.4 is 5.32 Å². The first-order valence-electron chi connectivity index (χ1n) is 3.44. The number of benzene rings is 1. The first kappa shape index (κ1) is 7.90. The zero-order chi connectivity index (χ0) is 8.72. The molecule has 0 aromatic heterocycles. The smallest absolute Gasteiger partial charge is 0.251 e. The van der Waals surface area contributed by atoms with Gasteiger partial charge >= 0.3 is 0 Å². The molecule has 1 aromatic rings. The molecule has 2 nitrogen and oxygen atoms in total. The van der Waals surface area contributed by atoms with Crippen LogP contribution in [0.3, 0.4) is 0 Å². The molecular weight excluding hydrogens is 197 g/mol. The number of amides is 1. The molecule has 0 saturated heterocycles. The minimum Gasteiger partial charge on any atom is -0.348 e. The predicted molar refractivity (Wildman–Crippen MR) is 47.6 cm³/mol. The Kier molecular flexibility index (Phi) is 1.74.